The molecule has 0 aliphatic heterocycles. The third-order valence-corrected chi connectivity index (χ3v) is 2.06. The molecule has 1 heterocycles. The molecule has 0 spiro atoms. The molecule has 0 fully saturated rings. The second-order valence-electron chi connectivity index (χ2n) is 4.12. The van der Waals surface area contributed by atoms with Gasteiger partial charge in [0.1, 0.15) is 6.33 Å². The molecule has 16 heavy (non-hydrogen) atoms. The molecule has 1 unspecified atom stereocenters. The number of nitrogens with zero attached hydrogens (tertiary/aromatic N) is 2. The largest absolute Gasteiger partial charge is 0.391 e. The summed E-state index contributed by atoms with van der Waals surface area (Å²) in [4.78, 5) is 19.0. The fraction of sp³-hybridized carbons (Fsp3) is 0.545. The van der Waals surface area contributed by atoms with Crippen molar-refractivity contribution in [1.82, 2.24) is 15.3 Å². The molecule has 1 amide bonds. The lowest BCUT2D eigenvalue weighted by atomic mass is 10.1. The van der Waals surface area contributed by atoms with Gasteiger partial charge in [0.05, 0.1) is 11.7 Å². The minimum Gasteiger partial charge on any atom is -0.391 e. The van der Waals surface area contributed by atoms with Crippen LogP contribution in [-0.4, -0.2) is 33.6 Å². The molecule has 0 aliphatic carbocycles. The zero-order valence-corrected chi connectivity index (χ0v) is 9.55. The monoisotopic (exact) mass is 223 g/mol. The Morgan fingerprint density at radius 3 is 2.62 bits per heavy atom. The number of carbonyl (C=O) groups is 1. The van der Waals surface area contributed by atoms with E-state index in [1.807, 2.05) is 13.8 Å². The maximum Gasteiger partial charge on any atom is 0.254 e. The molecule has 1 aromatic rings. The van der Waals surface area contributed by atoms with E-state index in [0.717, 1.165) is 0 Å². The van der Waals surface area contributed by atoms with E-state index in [4.69, 9.17) is 0 Å². The van der Waals surface area contributed by atoms with Gasteiger partial charge in [0.2, 0.25) is 0 Å². The van der Waals surface area contributed by atoms with Crippen LogP contribution in [0.4, 0.5) is 0 Å². The predicted octanol–water partition coefficient (Wildman–Crippen LogP) is 0.613. The summed E-state index contributed by atoms with van der Waals surface area (Å²) in [5.41, 5.74) is 0.402. The van der Waals surface area contributed by atoms with Crippen LogP contribution in [0.5, 0.6) is 0 Å². The molecule has 0 bridgehead atoms. The lowest BCUT2D eigenvalue weighted by Gasteiger charge is -2.13. The molecular weight excluding hydrogens is 206 g/mol. The van der Waals surface area contributed by atoms with Gasteiger partial charge >= 0.3 is 0 Å². The maximum atomic E-state index is 11.5. The summed E-state index contributed by atoms with van der Waals surface area (Å²) in [7, 11) is 0. The predicted molar refractivity (Wildman–Crippen MR) is 59.8 cm³/mol. The van der Waals surface area contributed by atoms with Crippen LogP contribution in [0.15, 0.2) is 18.7 Å². The summed E-state index contributed by atoms with van der Waals surface area (Å²) in [5.74, 6) is 0.148. The van der Waals surface area contributed by atoms with E-state index in [2.05, 4.69) is 15.3 Å². The van der Waals surface area contributed by atoms with Gasteiger partial charge in [-0.15, -0.1) is 0 Å². The number of rotatable bonds is 5. The number of aromatic nitrogens is 2. The van der Waals surface area contributed by atoms with Gasteiger partial charge in [-0.2, -0.15) is 0 Å². The number of hydrogen-bond donors (Lipinski definition) is 2. The van der Waals surface area contributed by atoms with Crippen molar-refractivity contribution < 1.29 is 9.90 Å². The average Bonchev–Trinajstić information content (AvgIpc) is 2.26. The lowest BCUT2D eigenvalue weighted by molar-refractivity contribution is 0.0899. The topological polar surface area (TPSA) is 75.1 Å². The second-order valence-corrected chi connectivity index (χ2v) is 4.12. The lowest BCUT2D eigenvalue weighted by Crippen LogP contribution is -2.32. The Morgan fingerprint density at radius 2 is 2.06 bits per heavy atom. The fourth-order valence-corrected chi connectivity index (χ4v) is 1.36. The summed E-state index contributed by atoms with van der Waals surface area (Å²) in [6, 6.07) is 0. The third-order valence-electron chi connectivity index (χ3n) is 2.06. The third kappa shape index (κ3) is 4.35. The Balaban J connectivity index is 2.36. The highest BCUT2D eigenvalue weighted by Crippen LogP contribution is 2.03. The van der Waals surface area contributed by atoms with E-state index in [9.17, 15) is 9.90 Å². The average molecular weight is 223 g/mol. The molecule has 0 saturated heterocycles. The Bertz CT molecular complexity index is 327. The first-order valence-electron chi connectivity index (χ1n) is 5.31. The van der Waals surface area contributed by atoms with Crippen LogP contribution in [0.2, 0.25) is 0 Å². The Labute approximate surface area is 94.9 Å². The molecule has 2 N–H and O–H groups in total. The van der Waals surface area contributed by atoms with Crippen LogP contribution in [0.3, 0.4) is 0 Å². The van der Waals surface area contributed by atoms with Crippen molar-refractivity contribution >= 4 is 5.91 Å². The standard InChI is InChI=1S/C11H17N3O2/c1-8(2)3-10(15)6-14-11(16)9-4-12-7-13-5-9/h4-5,7-8,10,15H,3,6H2,1-2H3,(H,14,16). The van der Waals surface area contributed by atoms with Crippen molar-refractivity contribution in [3.8, 4) is 0 Å². The van der Waals surface area contributed by atoms with Crippen LogP contribution in [0.1, 0.15) is 30.6 Å². The van der Waals surface area contributed by atoms with E-state index in [0.29, 0.717) is 17.9 Å². The van der Waals surface area contributed by atoms with Gasteiger partial charge in [0, 0.05) is 18.9 Å². The minimum atomic E-state index is -0.506. The van der Waals surface area contributed by atoms with Gasteiger partial charge in [-0.3, -0.25) is 4.79 Å². The number of aliphatic hydroxyl groups excluding tert-OH is 1. The van der Waals surface area contributed by atoms with Gasteiger partial charge in [0.15, 0.2) is 0 Å². The summed E-state index contributed by atoms with van der Waals surface area (Å²) < 4.78 is 0. The SMILES string of the molecule is CC(C)CC(O)CNC(=O)c1cncnc1. The van der Waals surface area contributed by atoms with Gasteiger partial charge in [0.25, 0.3) is 5.91 Å². The van der Waals surface area contributed by atoms with E-state index < -0.39 is 6.10 Å². The molecule has 0 aliphatic rings. The van der Waals surface area contributed by atoms with Crippen LogP contribution >= 0.6 is 0 Å². The molecule has 5 heteroatoms. The highest BCUT2D eigenvalue weighted by molar-refractivity contribution is 5.93. The van der Waals surface area contributed by atoms with Crippen LogP contribution < -0.4 is 5.32 Å². The van der Waals surface area contributed by atoms with Crippen molar-refractivity contribution in [2.24, 2.45) is 5.92 Å². The van der Waals surface area contributed by atoms with Crippen molar-refractivity contribution in [2.75, 3.05) is 6.54 Å². The first-order valence-corrected chi connectivity index (χ1v) is 5.31. The summed E-state index contributed by atoms with van der Waals surface area (Å²) in [6.07, 6.45) is 4.41. The Kier molecular flexibility index (Phi) is 4.85. The van der Waals surface area contributed by atoms with Gasteiger partial charge in [-0.25, -0.2) is 9.97 Å². The molecule has 0 aromatic carbocycles. The zero-order chi connectivity index (χ0) is 12.0. The number of nitrogens with one attached hydrogen (secondary N) is 1. The molecule has 5 nitrogen and oxygen atoms in total. The van der Waals surface area contributed by atoms with E-state index in [1.165, 1.54) is 18.7 Å². The molecule has 88 valence electrons. The molecule has 0 radical (unpaired) electrons. The first kappa shape index (κ1) is 12.6. The van der Waals surface area contributed by atoms with Crippen LogP contribution in [0.25, 0.3) is 0 Å². The molecule has 1 rings (SSSR count). The van der Waals surface area contributed by atoms with Crippen LogP contribution in [-0.2, 0) is 0 Å². The number of carbonyl (C=O) groups excluding carboxylic acids is 1. The molecule has 1 aromatic heterocycles. The fourth-order valence-electron chi connectivity index (χ4n) is 1.36. The number of amides is 1. The smallest absolute Gasteiger partial charge is 0.254 e. The quantitative estimate of drug-likeness (QED) is 0.767. The van der Waals surface area contributed by atoms with Crippen molar-refractivity contribution in [3.63, 3.8) is 0 Å². The molecular formula is C11H17N3O2. The maximum absolute atomic E-state index is 11.5. The molecule has 1 atom stereocenters. The highest BCUT2D eigenvalue weighted by atomic mass is 16.3. The van der Waals surface area contributed by atoms with E-state index in [1.54, 1.807) is 0 Å². The van der Waals surface area contributed by atoms with E-state index in [-0.39, 0.29) is 12.5 Å². The normalized spacial score (nSPS) is 12.5. The van der Waals surface area contributed by atoms with Crippen molar-refractivity contribution in [2.45, 2.75) is 26.4 Å². The van der Waals surface area contributed by atoms with E-state index >= 15 is 0 Å². The zero-order valence-electron chi connectivity index (χ0n) is 9.55. The Morgan fingerprint density at radius 1 is 1.44 bits per heavy atom. The summed E-state index contributed by atoms with van der Waals surface area (Å²) in [5, 5.41) is 12.2. The van der Waals surface area contributed by atoms with Crippen LogP contribution in [0, 0.1) is 5.92 Å². The van der Waals surface area contributed by atoms with Crippen molar-refractivity contribution in [3.05, 3.63) is 24.3 Å². The van der Waals surface area contributed by atoms with Gasteiger partial charge in [-0.1, -0.05) is 13.8 Å². The second kappa shape index (κ2) is 6.17. The van der Waals surface area contributed by atoms with Crippen molar-refractivity contribution in [1.29, 1.82) is 0 Å². The van der Waals surface area contributed by atoms with Gasteiger partial charge < -0.3 is 10.4 Å². The first-order chi connectivity index (χ1) is 7.59. The number of hydrogen-bond acceptors (Lipinski definition) is 4. The van der Waals surface area contributed by atoms with Gasteiger partial charge in [-0.05, 0) is 12.3 Å². The highest BCUT2D eigenvalue weighted by Gasteiger charge is 2.10. The number of aliphatic hydroxyl groups is 1. The summed E-state index contributed by atoms with van der Waals surface area (Å²) >= 11 is 0. The minimum absolute atomic E-state index is 0.256. The molecule has 0 saturated carbocycles. The Hall–Kier alpha value is -1.49. The summed E-state index contributed by atoms with van der Waals surface area (Å²) in [6.45, 7) is 4.30.